The van der Waals surface area contributed by atoms with Gasteiger partial charge in [-0.1, -0.05) is 20.3 Å². The fraction of sp³-hybridized carbons (Fsp3) is 0.800. The average molecular weight is 264 g/mol. The number of nitrogens with one attached hydrogen (secondary N) is 1. The maximum atomic E-state index is 4.42. The van der Waals surface area contributed by atoms with E-state index >= 15 is 0 Å². The largest absolute Gasteiger partial charge is 0.354 e. The number of anilines is 1. The minimum absolute atomic E-state index is 0.588. The molecule has 19 heavy (non-hydrogen) atoms. The highest BCUT2D eigenvalue weighted by Crippen LogP contribution is 2.13. The van der Waals surface area contributed by atoms with Crippen molar-refractivity contribution in [1.29, 1.82) is 0 Å². The van der Waals surface area contributed by atoms with Crippen LogP contribution in [0.4, 0.5) is 5.95 Å². The van der Waals surface area contributed by atoms with Gasteiger partial charge in [-0.15, -0.1) is 0 Å². The van der Waals surface area contributed by atoms with Crippen LogP contribution in [0, 0.1) is 5.92 Å². The second-order valence-electron chi connectivity index (χ2n) is 6.12. The van der Waals surface area contributed by atoms with Gasteiger partial charge in [0.25, 0.3) is 0 Å². The molecular formula is C15H28N4. The van der Waals surface area contributed by atoms with Crippen LogP contribution in [0.25, 0.3) is 0 Å². The maximum absolute atomic E-state index is 4.42. The van der Waals surface area contributed by atoms with Crippen LogP contribution in [-0.2, 0) is 6.54 Å². The molecule has 1 aliphatic rings. The van der Waals surface area contributed by atoms with Crippen molar-refractivity contribution in [2.45, 2.75) is 52.6 Å². The van der Waals surface area contributed by atoms with E-state index in [0.29, 0.717) is 12.0 Å². The summed E-state index contributed by atoms with van der Waals surface area (Å²) in [5.74, 6) is 1.66. The second-order valence-corrected chi connectivity index (χ2v) is 6.12. The predicted octanol–water partition coefficient (Wildman–Crippen LogP) is 2.83. The Kier molecular flexibility index (Phi) is 5.25. The summed E-state index contributed by atoms with van der Waals surface area (Å²) in [7, 11) is 0. The van der Waals surface area contributed by atoms with Crippen LogP contribution in [0.3, 0.4) is 0 Å². The molecule has 0 radical (unpaired) electrons. The molecule has 1 unspecified atom stereocenters. The highest BCUT2D eigenvalue weighted by Gasteiger charge is 2.16. The van der Waals surface area contributed by atoms with E-state index in [2.05, 4.69) is 46.7 Å². The highest BCUT2D eigenvalue weighted by molar-refractivity contribution is 5.26. The summed E-state index contributed by atoms with van der Waals surface area (Å²) in [5.41, 5.74) is 0. The monoisotopic (exact) mass is 264 g/mol. The Morgan fingerprint density at radius 2 is 1.95 bits per heavy atom. The van der Waals surface area contributed by atoms with E-state index in [1.54, 1.807) is 0 Å². The fourth-order valence-corrected chi connectivity index (χ4v) is 2.74. The van der Waals surface area contributed by atoms with E-state index in [1.165, 1.54) is 32.4 Å². The molecule has 1 aliphatic heterocycles. The molecule has 108 valence electrons. The topological polar surface area (TPSA) is 33.1 Å². The number of rotatable bonds is 6. The number of hydrogen-bond acceptors (Lipinski definition) is 3. The van der Waals surface area contributed by atoms with Crippen LogP contribution in [0.15, 0.2) is 12.4 Å². The molecule has 0 spiro atoms. The Morgan fingerprint density at radius 3 is 2.63 bits per heavy atom. The predicted molar refractivity (Wildman–Crippen MR) is 80.4 cm³/mol. The normalized spacial score (nSPS) is 18.7. The van der Waals surface area contributed by atoms with E-state index in [-0.39, 0.29) is 0 Å². The van der Waals surface area contributed by atoms with Crippen LogP contribution in [0.2, 0.25) is 0 Å². The summed E-state index contributed by atoms with van der Waals surface area (Å²) >= 11 is 0. The van der Waals surface area contributed by atoms with E-state index in [9.17, 15) is 0 Å². The third-order valence-corrected chi connectivity index (χ3v) is 3.85. The molecule has 0 aromatic carbocycles. The SMILES string of the molecule is CC(C)Cn1ccnc1NCC(C)N1CCCCC1. The highest BCUT2D eigenvalue weighted by atomic mass is 15.2. The van der Waals surface area contributed by atoms with Gasteiger partial charge in [-0.2, -0.15) is 0 Å². The molecule has 0 saturated carbocycles. The molecule has 1 aromatic rings. The van der Waals surface area contributed by atoms with Crippen molar-refractivity contribution in [3.8, 4) is 0 Å². The van der Waals surface area contributed by atoms with Gasteiger partial charge < -0.3 is 9.88 Å². The number of piperidine rings is 1. The first-order chi connectivity index (χ1) is 9.16. The van der Waals surface area contributed by atoms with Gasteiger partial charge in [0.1, 0.15) is 0 Å². The quantitative estimate of drug-likeness (QED) is 0.857. The van der Waals surface area contributed by atoms with Gasteiger partial charge in [-0.3, -0.25) is 4.90 Å². The summed E-state index contributed by atoms with van der Waals surface area (Å²) in [6, 6.07) is 0.588. The first-order valence-corrected chi connectivity index (χ1v) is 7.66. The molecule has 4 nitrogen and oxygen atoms in total. The molecule has 4 heteroatoms. The molecule has 0 bridgehead atoms. The smallest absolute Gasteiger partial charge is 0.202 e. The summed E-state index contributed by atoms with van der Waals surface area (Å²) in [6.07, 6.45) is 8.05. The van der Waals surface area contributed by atoms with Crippen molar-refractivity contribution in [3.05, 3.63) is 12.4 Å². The van der Waals surface area contributed by atoms with E-state index in [0.717, 1.165) is 19.0 Å². The van der Waals surface area contributed by atoms with Gasteiger partial charge in [0.2, 0.25) is 5.95 Å². The van der Waals surface area contributed by atoms with Gasteiger partial charge in [0, 0.05) is 31.5 Å². The molecular weight excluding hydrogens is 236 g/mol. The lowest BCUT2D eigenvalue weighted by molar-refractivity contribution is 0.180. The summed E-state index contributed by atoms with van der Waals surface area (Å²) in [6.45, 7) is 11.3. The molecule has 0 amide bonds. The van der Waals surface area contributed by atoms with Gasteiger partial charge >= 0.3 is 0 Å². The minimum Gasteiger partial charge on any atom is -0.354 e. The fourth-order valence-electron chi connectivity index (χ4n) is 2.74. The van der Waals surface area contributed by atoms with Crippen molar-refractivity contribution < 1.29 is 0 Å². The lowest BCUT2D eigenvalue weighted by Crippen LogP contribution is -2.41. The molecule has 2 rings (SSSR count). The van der Waals surface area contributed by atoms with Crippen LogP contribution < -0.4 is 5.32 Å². The van der Waals surface area contributed by atoms with Crippen molar-refractivity contribution >= 4 is 5.95 Å². The van der Waals surface area contributed by atoms with Gasteiger partial charge in [0.05, 0.1) is 0 Å². The van der Waals surface area contributed by atoms with Gasteiger partial charge in [-0.25, -0.2) is 4.98 Å². The summed E-state index contributed by atoms with van der Waals surface area (Å²) in [4.78, 5) is 7.01. The Balaban J connectivity index is 1.82. The molecule has 1 aromatic heterocycles. The number of likely N-dealkylation sites (tertiary alicyclic amines) is 1. The Hall–Kier alpha value is -1.03. The number of aromatic nitrogens is 2. The standard InChI is InChI=1S/C15H28N4/c1-13(2)12-19-10-7-16-15(19)17-11-14(3)18-8-5-4-6-9-18/h7,10,13-14H,4-6,8-9,11-12H2,1-3H3,(H,16,17). The Morgan fingerprint density at radius 1 is 1.21 bits per heavy atom. The summed E-state index contributed by atoms with van der Waals surface area (Å²) < 4.78 is 2.22. The zero-order valence-electron chi connectivity index (χ0n) is 12.6. The number of imidazole rings is 1. The second kappa shape index (κ2) is 6.94. The molecule has 0 aliphatic carbocycles. The Labute approximate surface area is 117 Å². The first-order valence-electron chi connectivity index (χ1n) is 7.66. The maximum Gasteiger partial charge on any atom is 0.202 e. The van der Waals surface area contributed by atoms with Crippen LogP contribution in [-0.4, -0.2) is 40.1 Å². The van der Waals surface area contributed by atoms with Crippen LogP contribution in [0.5, 0.6) is 0 Å². The minimum atomic E-state index is 0.588. The van der Waals surface area contributed by atoms with Gasteiger partial charge in [0.15, 0.2) is 0 Å². The molecule has 1 atom stereocenters. The van der Waals surface area contributed by atoms with Crippen molar-refractivity contribution in [2.75, 3.05) is 25.0 Å². The molecule has 1 fully saturated rings. The van der Waals surface area contributed by atoms with E-state index < -0.39 is 0 Å². The summed E-state index contributed by atoms with van der Waals surface area (Å²) in [5, 5.41) is 3.51. The van der Waals surface area contributed by atoms with E-state index in [1.807, 2.05) is 6.20 Å². The zero-order valence-corrected chi connectivity index (χ0v) is 12.6. The molecule has 1 saturated heterocycles. The lowest BCUT2D eigenvalue weighted by Gasteiger charge is -2.32. The zero-order chi connectivity index (χ0) is 13.7. The number of hydrogen-bond donors (Lipinski definition) is 1. The lowest BCUT2D eigenvalue weighted by atomic mass is 10.1. The third-order valence-electron chi connectivity index (χ3n) is 3.85. The van der Waals surface area contributed by atoms with Crippen molar-refractivity contribution in [3.63, 3.8) is 0 Å². The molecule has 2 heterocycles. The number of nitrogens with zero attached hydrogens (tertiary/aromatic N) is 3. The van der Waals surface area contributed by atoms with E-state index in [4.69, 9.17) is 0 Å². The van der Waals surface area contributed by atoms with Crippen LogP contribution >= 0.6 is 0 Å². The van der Waals surface area contributed by atoms with Crippen molar-refractivity contribution in [2.24, 2.45) is 5.92 Å². The third kappa shape index (κ3) is 4.23. The Bertz CT molecular complexity index is 366. The average Bonchev–Trinajstić information content (AvgIpc) is 2.83. The first kappa shape index (κ1) is 14.4. The van der Waals surface area contributed by atoms with Crippen molar-refractivity contribution in [1.82, 2.24) is 14.5 Å². The molecule has 1 N–H and O–H groups in total. The van der Waals surface area contributed by atoms with Gasteiger partial charge in [-0.05, 0) is 38.8 Å². The van der Waals surface area contributed by atoms with Crippen LogP contribution in [0.1, 0.15) is 40.0 Å².